The van der Waals surface area contributed by atoms with Crippen LogP contribution >= 0.6 is 7.92 Å². The first-order chi connectivity index (χ1) is 11.0. The van der Waals surface area contributed by atoms with Gasteiger partial charge in [0, 0.05) is 21.0 Å². The summed E-state index contributed by atoms with van der Waals surface area (Å²) >= 11 is 0. The molecule has 0 aromatic carbocycles. The lowest BCUT2D eigenvalue weighted by Gasteiger charge is -2.29. The van der Waals surface area contributed by atoms with E-state index in [4.69, 9.17) is 13.0 Å². The Morgan fingerprint density at radius 3 is 2.17 bits per heavy atom. The first-order valence-electron chi connectivity index (χ1n) is 8.40. The molecule has 2 bridgehead atoms. The number of carbonyl (C=O) groups excluding carboxylic acids is 1. The number of alkyl halides is 3. The average Bonchev–Trinajstić information content (AvgIpc) is 3.08. The first kappa shape index (κ1) is 20.1. The zero-order chi connectivity index (χ0) is 18.1. The number of carbonyl (C=O) groups is 1. The highest BCUT2D eigenvalue weighted by atomic mass is 32.2. The summed E-state index contributed by atoms with van der Waals surface area (Å²) in [6.45, 7) is 2.48. The molecular weight excluding hydrogens is 364 g/mol. The third kappa shape index (κ3) is 4.70. The topological polar surface area (TPSA) is 71.4 Å². The van der Waals surface area contributed by atoms with Crippen LogP contribution in [0.25, 0.3) is 0 Å². The molecule has 0 radical (unpaired) electrons. The lowest BCUT2D eigenvalue weighted by Crippen LogP contribution is -2.28. The van der Waals surface area contributed by atoms with Gasteiger partial charge < -0.3 is 0 Å². The van der Waals surface area contributed by atoms with E-state index >= 15 is 0 Å². The van der Waals surface area contributed by atoms with Gasteiger partial charge in [0.15, 0.2) is 5.78 Å². The molecule has 0 aromatic heterocycles. The normalized spacial score (nSPS) is 34.6. The van der Waals surface area contributed by atoms with Gasteiger partial charge in [0.05, 0.1) is 5.66 Å². The minimum Gasteiger partial charge on any atom is -0.295 e. The van der Waals surface area contributed by atoms with Crippen LogP contribution in [-0.4, -0.2) is 42.2 Å². The maximum Gasteiger partial charge on any atom is 0.522 e. The van der Waals surface area contributed by atoms with Crippen LogP contribution in [0.15, 0.2) is 0 Å². The third-order valence-corrected chi connectivity index (χ3v) is 9.89. The summed E-state index contributed by atoms with van der Waals surface area (Å²) in [6, 6.07) is 0. The van der Waals surface area contributed by atoms with Gasteiger partial charge in [0.2, 0.25) is 0 Å². The molecular formula is C15H25F3O4PS+. The fraction of sp³-hybridized carbons (Fsp3) is 0.933. The summed E-state index contributed by atoms with van der Waals surface area (Å²) in [4.78, 5) is 12.0. The van der Waals surface area contributed by atoms with Crippen LogP contribution < -0.4 is 0 Å². The molecule has 0 aromatic rings. The van der Waals surface area contributed by atoms with E-state index in [1.807, 2.05) is 0 Å². The summed E-state index contributed by atoms with van der Waals surface area (Å²) in [5.41, 5.74) is -4.01. The van der Waals surface area contributed by atoms with E-state index in [1.54, 1.807) is 0 Å². The van der Waals surface area contributed by atoms with Gasteiger partial charge >= 0.3 is 15.6 Å². The predicted molar refractivity (Wildman–Crippen MR) is 88.3 cm³/mol. The van der Waals surface area contributed by atoms with Gasteiger partial charge in [0.25, 0.3) is 0 Å². The Morgan fingerprint density at radius 1 is 1.12 bits per heavy atom. The van der Waals surface area contributed by atoms with Crippen molar-refractivity contribution in [2.24, 2.45) is 11.8 Å². The van der Waals surface area contributed by atoms with Gasteiger partial charge in [-0.25, -0.2) is 0 Å². The first-order valence-corrected chi connectivity index (χ1v) is 12.0. The monoisotopic (exact) mass is 389 g/mol. The molecule has 3 rings (SSSR count). The zero-order valence-electron chi connectivity index (χ0n) is 13.7. The molecule has 24 heavy (non-hydrogen) atoms. The van der Waals surface area contributed by atoms with Crippen LogP contribution in [0.1, 0.15) is 51.4 Å². The summed E-state index contributed by atoms with van der Waals surface area (Å²) in [5, 5.41) is 0. The van der Waals surface area contributed by atoms with Crippen LogP contribution in [-0.2, 0) is 14.9 Å². The highest BCUT2D eigenvalue weighted by molar-refractivity contribution is 7.86. The number of ketones is 1. The summed E-state index contributed by atoms with van der Waals surface area (Å²) < 4.78 is 57.5. The Hall–Kier alpha value is -0.200. The molecule has 3 aliphatic carbocycles. The standard InChI is InChI=1S/C14H23OP.CHF3O3S/c1-16(13-5-3-2-4-12(13)15)14-9-10-6-7-11(14)8-10;2-1(3,4)8(5,6)7/h10-11,13-14H,2-9H2,1H3;(H,5,6,7)/p+1. The molecule has 0 saturated heterocycles. The van der Waals surface area contributed by atoms with Crippen molar-refractivity contribution in [1.82, 2.24) is 0 Å². The van der Waals surface area contributed by atoms with Crippen LogP contribution in [0.3, 0.4) is 0 Å². The van der Waals surface area contributed by atoms with Crippen LogP contribution in [0.2, 0.25) is 0 Å². The summed E-state index contributed by atoms with van der Waals surface area (Å²) in [6.07, 6.45) is 10.6. The molecule has 1 N–H and O–H groups in total. The Balaban J connectivity index is 0.000000224. The quantitative estimate of drug-likeness (QED) is 0.441. The van der Waals surface area contributed by atoms with E-state index in [1.165, 1.54) is 44.9 Å². The fourth-order valence-corrected chi connectivity index (χ4v) is 8.11. The minimum atomic E-state index is -5.84. The molecule has 0 spiro atoms. The van der Waals surface area contributed by atoms with Crippen molar-refractivity contribution in [1.29, 1.82) is 0 Å². The maximum absolute atomic E-state index is 12.0. The largest absolute Gasteiger partial charge is 0.522 e. The lowest BCUT2D eigenvalue weighted by atomic mass is 9.98. The number of fused-ring (bicyclic) bond motifs is 2. The van der Waals surface area contributed by atoms with Crippen molar-refractivity contribution in [3.8, 4) is 0 Å². The number of rotatable bonds is 2. The predicted octanol–water partition coefficient (Wildman–Crippen LogP) is 3.92. The van der Waals surface area contributed by atoms with E-state index in [-0.39, 0.29) is 0 Å². The highest BCUT2D eigenvalue weighted by Crippen LogP contribution is 2.60. The lowest BCUT2D eigenvalue weighted by molar-refractivity contribution is -0.119. The average molecular weight is 389 g/mol. The zero-order valence-corrected chi connectivity index (χ0v) is 15.5. The fourth-order valence-electron chi connectivity index (χ4n) is 4.53. The van der Waals surface area contributed by atoms with Gasteiger partial charge in [-0.2, -0.15) is 21.6 Å². The Morgan fingerprint density at radius 2 is 1.75 bits per heavy atom. The van der Waals surface area contributed by atoms with Crippen molar-refractivity contribution in [3.05, 3.63) is 0 Å². The van der Waals surface area contributed by atoms with E-state index in [0.717, 1.165) is 23.9 Å². The smallest absolute Gasteiger partial charge is 0.295 e. The molecule has 3 aliphatic rings. The molecule has 0 heterocycles. The molecule has 0 amide bonds. The second-order valence-corrected chi connectivity index (χ2v) is 11.6. The van der Waals surface area contributed by atoms with E-state index < -0.39 is 23.5 Å². The highest BCUT2D eigenvalue weighted by Gasteiger charge is 2.49. The summed E-state index contributed by atoms with van der Waals surface area (Å²) in [7, 11) is -6.24. The number of hydrogen-bond donors (Lipinski definition) is 1. The Bertz CT molecular complexity index is 564. The number of halogens is 3. The summed E-state index contributed by atoms with van der Waals surface area (Å²) in [5.74, 6) is 2.71. The maximum atomic E-state index is 12.0. The van der Waals surface area contributed by atoms with Crippen molar-refractivity contribution in [2.75, 3.05) is 6.66 Å². The van der Waals surface area contributed by atoms with Gasteiger partial charge in [-0.05, 0) is 56.8 Å². The van der Waals surface area contributed by atoms with Crippen molar-refractivity contribution < 1.29 is 30.9 Å². The van der Waals surface area contributed by atoms with Gasteiger partial charge in [-0.1, -0.05) is 0 Å². The van der Waals surface area contributed by atoms with Gasteiger partial charge in [-0.3, -0.25) is 9.35 Å². The Kier molecular flexibility index (Phi) is 6.36. The molecule has 5 unspecified atom stereocenters. The second kappa shape index (κ2) is 7.58. The van der Waals surface area contributed by atoms with Gasteiger partial charge in [-0.15, -0.1) is 0 Å². The minimum absolute atomic E-state index is 0.396. The van der Waals surface area contributed by atoms with Crippen LogP contribution in [0.4, 0.5) is 13.2 Å². The molecule has 4 nitrogen and oxygen atoms in total. The molecule has 140 valence electrons. The van der Waals surface area contributed by atoms with Crippen molar-refractivity contribution in [2.45, 2.75) is 68.2 Å². The molecule has 3 fully saturated rings. The van der Waals surface area contributed by atoms with Crippen LogP contribution in [0.5, 0.6) is 0 Å². The van der Waals surface area contributed by atoms with E-state index in [0.29, 0.717) is 11.4 Å². The second-order valence-electron chi connectivity index (χ2n) is 7.21. The van der Waals surface area contributed by atoms with Crippen LogP contribution in [0, 0.1) is 11.8 Å². The number of Topliss-reactive ketones (excluding diaryl/α,β-unsaturated/α-hetero) is 1. The van der Waals surface area contributed by atoms with Crippen molar-refractivity contribution in [3.63, 3.8) is 0 Å². The number of hydrogen-bond acceptors (Lipinski definition) is 3. The molecule has 0 aliphatic heterocycles. The molecule has 5 atom stereocenters. The molecule has 9 heteroatoms. The SMILES string of the molecule is C[PH+](C1CCCCC1=O)C1CC2CCC1C2.O=S(=O)(O)C(F)(F)F. The van der Waals surface area contributed by atoms with E-state index in [9.17, 15) is 18.0 Å². The van der Waals surface area contributed by atoms with E-state index in [2.05, 4.69) is 6.66 Å². The Labute approximate surface area is 142 Å². The molecule has 3 saturated carbocycles. The van der Waals surface area contributed by atoms with Crippen molar-refractivity contribution >= 4 is 23.8 Å². The third-order valence-electron chi connectivity index (χ3n) is 5.72. The van der Waals surface area contributed by atoms with Gasteiger partial charge in [0.1, 0.15) is 5.66 Å².